The summed E-state index contributed by atoms with van der Waals surface area (Å²) in [7, 11) is 0. The lowest BCUT2D eigenvalue weighted by molar-refractivity contribution is -0.136. The zero-order valence-electron chi connectivity index (χ0n) is 8.99. The Balaban J connectivity index is 1.59. The van der Waals surface area contributed by atoms with E-state index in [1.165, 1.54) is 32.1 Å². The molecule has 1 heterocycles. The fourth-order valence-corrected chi connectivity index (χ4v) is 3.97. The molecule has 3 unspecified atom stereocenters. The molecule has 0 radical (unpaired) electrons. The van der Waals surface area contributed by atoms with Crippen LogP contribution < -0.4 is 0 Å². The van der Waals surface area contributed by atoms with Gasteiger partial charge in [0, 0.05) is 23.8 Å². The van der Waals surface area contributed by atoms with E-state index in [0.29, 0.717) is 16.7 Å². The monoisotopic (exact) mass is 271 g/mol. The van der Waals surface area contributed by atoms with E-state index in [1.54, 1.807) is 0 Å². The predicted octanol–water partition coefficient (Wildman–Crippen LogP) is 2.42. The van der Waals surface area contributed by atoms with E-state index in [9.17, 15) is 4.79 Å². The maximum Gasteiger partial charge on any atom is 0.225 e. The van der Waals surface area contributed by atoms with Gasteiger partial charge in [-0.05, 0) is 43.9 Å². The van der Waals surface area contributed by atoms with Crippen molar-refractivity contribution in [2.24, 2.45) is 17.8 Å². The van der Waals surface area contributed by atoms with Gasteiger partial charge in [-0.15, -0.1) is 0 Å². The number of hydrogen-bond acceptors (Lipinski definition) is 1. The van der Waals surface area contributed by atoms with Crippen LogP contribution in [0.25, 0.3) is 0 Å². The van der Waals surface area contributed by atoms with E-state index >= 15 is 0 Å². The third-order valence-corrected chi connectivity index (χ3v) is 5.02. The van der Waals surface area contributed by atoms with Crippen LogP contribution in [0.3, 0.4) is 0 Å². The van der Waals surface area contributed by atoms with E-state index in [4.69, 9.17) is 0 Å². The van der Waals surface area contributed by atoms with Crippen molar-refractivity contribution in [1.82, 2.24) is 4.90 Å². The second kappa shape index (κ2) is 3.76. The number of carbonyl (C=O) groups is 1. The average Bonchev–Trinajstić information content (AvgIpc) is 2.85. The lowest BCUT2D eigenvalue weighted by Crippen LogP contribution is -2.43. The Morgan fingerprint density at radius 1 is 1.20 bits per heavy atom. The van der Waals surface area contributed by atoms with Gasteiger partial charge in [0.25, 0.3) is 0 Å². The van der Waals surface area contributed by atoms with Gasteiger partial charge in [0.1, 0.15) is 0 Å². The molecule has 0 bridgehead atoms. The van der Waals surface area contributed by atoms with Gasteiger partial charge >= 0.3 is 0 Å². The zero-order valence-corrected chi connectivity index (χ0v) is 10.6. The minimum absolute atomic E-state index is 0.381. The van der Waals surface area contributed by atoms with Crippen molar-refractivity contribution in [3.63, 3.8) is 0 Å². The highest BCUT2D eigenvalue weighted by molar-refractivity contribution is 9.09. The van der Waals surface area contributed by atoms with E-state index in [-0.39, 0.29) is 0 Å². The number of likely N-dealkylation sites (tertiary alicyclic amines) is 1. The number of carbonyl (C=O) groups excluding carboxylic acids is 1. The zero-order chi connectivity index (χ0) is 10.4. The van der Waals surface area contributed by atoms with Crippen LogP contribution in [0.1, 0.15) is 32.1 Å². The van der Waals surface area contributed by atoms with Crippen molar-refractivity contribution in [2.45, 2.75) is 36.9 Å². The summed E-state index contributed by atoms with van der Waals surface area (Å²) >= 11 is 3.63. The van der Waals surface area contributed by atoms with Crippen LogP contribution in [0, 0.1) is 17.8 Å². The lowest BCUT2D eigenvalue weighted by Gasteiger charge is -2.32. The van der Waals surface area contributed by atoms with Gasteiger partial charge in [0.15, 0.2) is 0 Å². The van der Waals surface area contributed by atoms with Crippen molar-refractivity contribution >= 4 is 21.8 Å². The molecule has 0 aromatic heterocycles. The molecule has 3 rings (SSSR count). The Kier molecular flexibility index (Phi) is 2.54. The molecule has 3 atom stereocenters. The summed E-state index contributed by atoms with van der Waals surface area (Å²) in [5.74, 6) is 2.67. The van der Waals surface area contributed by atoms with Gasteiger partial charge in [-0.25, -0.2) is 0 Å². The van der Waals surface area contributed by atoms with E-state index in [0.717, 1.165) is 24.9 Å². The van der Waals surface area contributed by atoms with Crippen molar-refractivity contribution in [2.75, 3.05) is 13.1 Å². The highest BCUT2D eigenvalue weighted by Gasteiger charge is 2.48. The maximum atomic E-state index is 12.2. The molecule has 2 nitrogen and oxygen atoms in total. The van der Waals surface area contributed by atoms with Gasteiger partial charge < -0.3 is 4.90 Å². The number of hydrogen-bond donors (Lipinski definition) is 0. The predicted molar refractivity (Wildman–Crippen MR) is 62.9 cm³/mol. The Morgan fingerprint density at radius 2 is 1.93 bits per heavy atom. The van der Waals surface area contributed by atoms with Crippen molar-refractivity contribution < 1.29 is 4.79 Å². The lowest BCUT2D eigenvalue weighted by atomic mass is 10.0. The van der Waals surface area contributed by atoms with Gasteiger partial charge in [0.05, 0.1) is 0 Å². The molecule has 0 spiro atoms. The van der Waals surface area contributed by atoms with Crippen LogP contribution in [0.5, 0.6) is 0 Å². The van der Waals surface area contributed by atoms with Crippen LogP contribution in [0.4, 0.5) is 0 Å². The summed E-state index contributed by atoms with van der Waals surface area (Å²) in [4.78, 5) is 14.8. The number of rotatable bonds is 1. The molecule has 2 saturated carbocycles. The summed E-state index contributed by atoms with van der Waals surface area (Å²) in [6.45, 7) is 1.93. The van der Waals surface area contributed by atoms with Crippen LogP contribution in [0.15, 0.2) is 0 Å². The molecule has 1 saturated heterocycles. The third kappa shape index (κ3) is 1.95. The summed E-state index contributed by atoms with van der Waals surface area (Å²) in [6, 6.07) is 0. The maximum absolute atomic E-state index is 12.2. The van der Waals surface area contributed by atoms with Crippen LogP contribution in [0.2, 0.25) is 0 Å². The van der Waals surface area contributed by atoms with Crippen LogP contribution in [-0.4, -0.2) is 28.7 Å². The van der Waals surface area contributed by atoms with Crippen molar-refractivity contribution in [3.05, 3.63) is 0 Å². The highest BCUT2D eigenvalue weighted by Crippen LogP contribution is 2.54. The first-order valence-corrected chi connectivity index (χ1v) is 7.08. The van der Waals surface area contributed by atoms with Gasteiger partial charge in [0.2, 0.25) is 5.91 Å². The minimum atomic E-state index is 0.381. The Bertz CT molecular complexity index is 271. The number of halogens is 1. The molecule has 2 aliphatic carbocycles. The number of nitrogens with zero attached hydrogens (tertiary/aromatic N) is 1. The molecular formula is C12H18BrNO. The molecule has 15 heavy (non-hydrogen) atoms. The van der Waals surface area contributed by atoms with Gasteiger partial charge in [-0.1, -0.05) is 15.9 Å². The SMILES string of the molecule is O=C(C1CC2CC2C1)N1CCCC(Br)C1. The molecule has 0 aromatic rings. The first kappa shape index (κ1) is 10.1. The van der Waals surface area contributed by atoms with Crippen molar-refractivity contribution in [3.8, 4) is 0 Å². The summed E-state index contributed by atoms with van der Waals surface area (Å²) in [5, 5.41) is 0. The number of amides is 1. The molecule has 3 fully saturated rings. The van der Waals surface area contributed by atoms with E-state index in [1.807, 2.05) is 0 Å². The first-order chi connectivity index (χ1) is 7.24. The molecular weight excluding hydrogens is 254 g/mol. The molecule has 1 aliphatic heterocycles. The van der Waals surface area contributed by atoms with E-state index < -0.39 is 0 Å². The quantitative estimate of drug-likeness (QED) is 0.671. The fourth-order valence-electron chi connectivity index (χ4n) is 3.30. The Labute approximate surface area is 99.5 Å². The summed E-state index contributed by atoms with van der Waals surface area (Å²) < 4.78 is 0. The number of fused-ring (bicyclic) bond motifs is 1. The van der Waals surface area contributed by atoms with Crippen LogP contribution in [-0.2, 0) is 4.79 Å². The molecule has 84 valence electrons. The van der Waals surface area contributed by atoms with Gasteiger partial charge in [-0.3, -0.25) is 4.79 Å². The Morgan fingerprint density at radius 3 is 2.60 bits per heavy atom. The van der Waals surface area contributed by atoms with E-state index in [2.05, 4.69) is 20.8 Å². The van der Waals surface area contributed by atoms with Crippen LogP contribution >= 0.6 is 15.9 Å². The molecule has 3 heteroatoms. The first-order valence-electron chi connectivity index (χ1n) is 6.17. The Hall–Kier alpha value is -0.0500. The molecule has 0 aromatic carbocycles. The topological polar surface area (TPSA) is 20.3 Å². The second-order valence-electron chi connectivity index (χ2n) is 5.45. The standard InChI is InChI=1S/C12H18BrNO/c13-11-2-1-3-14(7-11)12(15)10-5-8-4-9(8)6-10/h8-11H,1-7H2. The largest absolute Gasteiger partial charge is 0.341 e. The summed E-state index contributed by atoms with van der Waals surface area (Å²) in [6.07, 6.45) is 6.17. The minimum Gasteiger partial charge on any atom is -0.341 e. The van der Waals surface area contributed by atoms with Gasteiger partial charge in [-0.2, -0.15) is 0 Å². The smallest absolute Gasteiger partial charge is 0.225 e. The second-order valence-corrected chi connectivity index (χ2v) is 6.74. The number of piperidine rings is 1. The fraction of sp³-hybridized carbons (Fsp3) is 0.917. The number of alkyl halides is 1. The average molecular weight is 272 g/mol. The normalized spacial score (nSPS) is 43.9. The molecule has 3 aliphatic rings. The molecule has 1 amide bonds. The third-order valence-electron chi connectivity index (χ3n) is 4.27. The summed E-state index contributed by atoms with van der Waals surface area (Å²) in [5.41, 5.74) is 0. The molecule has 0 N–H and O–H groups in total. The highest BCUT2D eigenvalue weighted by atomic mass is 79.9. The van der Waals surface area contributed by atoms with Crippen molar-refractivity contribution in [1.29, 1.82) is 0 Å².